The van der Waals surface area contributed by atoms with Gasteiger partial charge in [0.05, 0.1) is 0 Å². The number of fused-ring (bicyclic) bond motifs is 1. The average molecular weight is 386 g/mol. The molecule has 2 heterocycles. The molecule has 2 saturated heterocycles. The summed E-state index contributed by atoms with van der Waals surface area (Å²) in [6.45, 7) is 7.88. The molecule has 1 amide bonds. The van der Waals surface area contributed by atoms with Crippen LogP contribution in [0.25, 0.3) is 0 Å². The van der Waals surface area contributed by atoms with E-state index in [-0.39, 0.29) is 18.3 Å². The summed E-state index contributed by atoms with van der Waals surface area (Å²) in [5.41, 5.74) is 3.26. The number of amides is 1. The standard InChI is InChI=1S/C22H27N3O.ClH/c1-2-24(14-17-6-4-3-5-7-17)21-10-8-18(9-11-21)22(26)25-15-19-12-23-13-20(19)16-25;/h3-11,19-20,23H,2,12-16H2,1H3;1H/t19-,20+;. The zero-order valence-electron chi connectivity index (χ0n) is 15.8. The van der Waals surface area contributed by atoms with E-state index in [9.17, 15) is 4.79 Å². The van der Waals surface area contributed by atoms with Crippen LogP contribution in [0.15, 0.2) is 54.6 Å². The highest BCUT2D eigenvalue weighted by Gasteiger charge is 2.38. The van der Waals surface area contributed by atoms with Gasteiger partial charge in [-0.25, -0.2) is 0 Å². The molecule has 0 aliphatic carbocycles. The first-order valence-corrected chi connectivity index (χ1v) is 9.63. The minimum atomic E-state index is 0. The molecule has 2 aliphatic heterocycles. The fourth-order valence-electron chi connectivity index (χ4n) is 4.21. The molecule has 1 N–H and O–H groups in total. The van der Waals surface area contributed by atoms with Crippen molar-refractivity contribution in [2.24, 2.45) is 11.8 Å². The Morgan fingerprint density at radius 1 is 1.04 bits per heavy atom. The van der Waals surface area contributed by atoms with Crippen molar-refractivity contribution in [3.8, 4) is 0 Å². The average Bonchev–Trinajstić information content (AvgIpc) is 3.29. The fraction of sp³-hybridized carbons (Fsp3) is 0.409. The number of hydrogen-bond donors (Lipinski definition) is 1. The Bertz CT molecular complexity index is 738. The number of rotatable bonds is 5. The van der Waals surface area contributed by atoms with Gasteiger partial charge in [-0.15, -0.1) is 12.4 Å². The fourth-order valence-corrected chi connectivity index (χ4v) is 4.21. The molecular formula is C22H28ClN3O. The van der Waals surface area contributed by atoms with Crippen LogP contribution in [0.2, 0.25) is 0 Å². The predicted molar refractivity (Wildman–Crippen MR) is 113 cm³/mol. The summed E-state index contributed by atoms with van der Waals surface area (Å²) in [5, 5.41) is 3.43. The maximum Gasteiger partial charge on any atom is 0.253 e. The van der Waals surface area contributed by atoms with Crippen LogP contribution >= 0.6 is 12.4 Å². The summed E-state index contributed by atoms with van der Waals surface area (Å²) >= 11 is 0. The van der Waals surface area contributed by atoms with Crippen LogP contribution in [0.5, 0.6) is 0 Å². The number of likely N-dealkylation sites (tertiary alicyclic amines) is 1. The minimum absolute atomic E-state index is 0. The predicted octanol–water partition coefficient (Wildman–Crippen LogP) is 3.43. The van der Waals surface area contributed by atoms with Crippen molar-refractivity contribution in [3.05, 3.63) is 65.7 Å². The summed E-state index contributed by atoms with van der Waals surface area (Å²) < 4.78 is 0. The van der Waals surface area contributed by atoms with Crippen LogP contribution in [0.4, 0.5) is 5.69 Å². The van der Waals surface area contributed by atoms with Crippen LogP contribution in [-0.4, -0.2) is 43.5 Å². The van der Waals surface area contributed by atoms with Crippen LogP contribution in [0.3, 0.4) is 0 Å². The third kappa shape index (κ3) is 4.28. The van der Waals surface area contributed by atoms with Gasteiger partial charge in [0.15, 0.2) is 0 Å². The van der Waals surface area contributed by atoms with E-state index in [2.05, 4.69) is 53.5 Å². The van der Waals surface area contributed by atoms with Crippen molar-refractivity contribution in [3.63, 3.8) is 0 Å². The van der Waals surface area contributed by atoms with Crippen molar-refractivity contribution >= 4 is 24.0 Å². The van der Waals surface area contributed by atoms with Gasteiger partial charge in [-0.1, -0.05) is 30.3 Å². The first-order chi connectivity index (χ1) is 12.7. The Hall–Kier alpha value is -2.04. The molecule has 5 heteroatoms. The molecule has 0 radical (unpaired) electrons. The van der Waals surface area contributed by atoms with Crippen LogP contribution in [-0.2, 0) is 6.54 Å². The van der Waals surface area contributed by atoms with Crippen molar-refractivity contribution in [2.75, 3.05) is 37.6 Å². The quantitative estimate of drug-likeness (QED) is 0.856. The van der Waals surface area contributed by atoms with Crippen LogP contribution in [0, 0.1) is 11.8 Å². The first kappa shape index (κ1) is 19.7. The Labute approximate surface area is 168 Å². The molecule has 0 unspecified atom stereocenters. The van der Waals surface area contributed by atoms with Gasteiger partial charge in [-0.05, 0) is 48.6 Å². The van der Waals surface area contributed by atoms with E-state index >= 15 is 0 Å². The molecular weight excluding hydrogens is 358 g/mol. The molecule has 0 bridgehead atoms. The van der Waals surface area contributed by atoms with Crippen molar-refractivity contribution in [1.82, 2.24) is 10.2 Å². The highest BCUT2D eigenvalue weighted by atomic mass is 35.5. The van der Waals surface area contributed by atoms with Gasteiger partial charge in [0, 0.05) is 50.5 Å². The Kier molecular flexibility index (Phi) is 6.40. The molecule has 4 nitrogen and oxygen atoms in total. The SMILES string of the molecule is CCN(Cc1ccccc1)c1ccc(C(=O)N2C[C@H]3CNC[C@H]3C2)cc1.Cl. The second-order valence-electron chi connectivity index (χ2n) is 7.44. The van der Waals surface area contributed by atoms with E-state index in [0.29, 0.717) is 11.8 Å². The molecule has 4 rings (SSSR count). The lowest BCUT2D eigenvalue weighted by atomic mass is 10.0. The van der Waals surface area contributed by atoms with E-state index in [0.717, 1.165) is 50.5 Å². The number of carbonyl (C=O) groups is 1. The van der Waals surface area contributed by atoms with E-state index < -0.39 is 0 Å². The third-order valence-electron chi connectivity index (χ3n) is 5.75. The van der Waals surface area contributed by atoms with Crippen LogP contribution < -0.4 is 10.2 Å². The molecule has 2 aromatic rings. The van der Waals surface area contributed by atoms with E-state index in [1.807, 2.05) is 23.1 Å². The van der Waals surface area contributed by atoms with E-state index in [4.69, 9.17) is 0 Å². The highest BCUT2D eigenvalue weighted by molar-refractivity contribution is 5.94. The van der Waals surface area contributed by atoms with Gasteiger partial charge in [-0.3, -0.25) is 4.79 Å². The summed E-state index contributed by atoms with van der Waals surface area (Å²) in [4.78, 5) is 17.2. The van der Waals surface area contributed by atoms with E-state index in [1.165, 1.54) is 5.56 Å². The molecule has 2 aromatic carbocycles. The monoisotopic (exact) mass is 385 g/mol. The third-order valence-corrected chi connectivity index (χ3v) is 5.75. The van der Waals surface area contributed by atoms with Gasteiger partial charge < -0.3 is 15.1 Å². The number of carbonyl (C=O) groups excluding carboxylic acids is 1. The van der Waals surface area contributed by atoms with Gasteiger partial charge in [0.1, 0.15) is 0 Å². The number of hydrogen-bond acceptors (Lipinski definition) is 3. The van der Waals surface area contributed by atoms with E-state index in [1.54, 1.807) is 0 Å². The molecule has 144 valence electrons. The molecule has 2 aliphatic rings. The molecule has 2 atom stereocenters. The summed E-state index contributed by atoms with van der Waals surface area (Å²) in [5.74, 6) is 1.46. The highest BCUT2D eigenvalue weighted by Crippen LogP contribution is 2.28. The van der Waals surface area contributed by atoms with Crippen LogP contribution in [0.1, 0.15) is 22.8 Å². The zero-order valence-corrected chi connectivity index (χ0v) is 16.6. The van der Waals surface area contributed by atoms with Crippen molar-refractivity contribution in [2.45, 2.75) is 13.5 Å². The van der Waals surface area contributed by atoms with Crippen molar-refractivity contribution in [1.29, 1.82) is 0 Å². The lowest BCUT2D eigenvalue weighted by Gasteiger charge is -2.24. The lowest BCUT2D eigenvalue weighted by molar-refractivity contribution is 0.0781. The summed E-state index contributed by atoms with van der Waals surface area (Å²) in [6, 6.07) is 18.6. The molecule has 0 spiro atoms. The van der Waals surface area contributed by atoms with Gasteiger partial charge in [0.2, 0.25) is 0 Å². The largest absolute Gasteiger partial charge is 0.367 e. The summed E-state index contributed by atoms with van der Waals surface area (Å²) in [6.07, 6.45) is 0. The van der Waals surface area contributed by atoms with Crippen molar-refractivity contribution < 1.29 is 4.79 Å². The summed E-state index contributed by atoms with van der Waals surface area (Å²) in [7, 11) is 0. The molecule has 0 aromatic heterocycles. The zero-order chi connectivity index (χ0) is 17.9. The molecule has 2 fully saturated rings. The number of halogens is 1. The Balaban J connectivity index is 0.00000210. The topological polar surface area (TPSA) is 35.6 Å². The Morgan fingerprint density at radius 3 is 2.26 bits per heavy atom. The first-order valence-electron chi connectivity index (χ1n) is 9.63. The number of nitrogens with one attached hydrogen (secondary N) is 1. The maximum atomic E-state index is 12.8. The lowest BCUT2D eigenvalue weighted by Crippen LogP contribution is -2.31. The second kappa shape index (κ2) is 8.77. The van der Waals surface area contributed by atoms with Gasteiger partial charge >= 0.3 is 0 Å². The maximum absolute atomic E-state index is 12.8. The van der Waals surface area contributed by atoms with Gasteiger partial charge in [0.25, 0.3) is 5.91 Å². The van der Waals surface area contributed by atoms with Gasteiger partial charge in [-0.2, -0.15) is 0 Å². The normalized spacial score (nSPS) is 20.9. The second-order valence-corrected chi connectivity index (χ2v) is 7.44. The number of benzene rings is 2. The number of nitrogens with zero attached hydrogens (tertiary/aromatic N) is 2. The molecule has 27 heavy (non-hydrogen) atoms. The smallest absolute Gasteiger partial charge is 0.253 e. The molecule has 0 saturated carbocycles. The minimum Gasteiger partial charge on any atom is -0.367 e. The Morgan fingerprint density at radius 2 is 1.67 bits per heavy atom. The number of anilines is 1.